The molecule has 0 amide bonds. The van der Waals surface area contributed by atoms with E-state index in [4.69, 9.17) is 5.26 Å². The third kappa shape index (κ3) is 4.16. The van der Waals surface area contributed by atoms with Crippen LogP contribution in [0.2, 0.25) is 0 Å². The molecule has 14 heavy (non-hydrogen) atoms. The molecule has 5 nitrogen and oxygen atoms in total. The molecule has 0 aliphatic rings. The minimum absolute atomic E-state index is 0.461. The Bertz CT molecular complexity index is 314. The zero-order chi connectivity index (χ0) is 10.1. The largest absolute Gasteiger partial charge is 0.309 e. The van der Waals surface area contributed by atoms with E-state index in [2.05, 4.69) is 20.7 Å². The Morgan fingerprint density at radius 2 is 2.57 bits per heavy atom. The maximum absolute atomic E-state index is 8.24. The Morgan fingerprint density at radius 1 is 1.64 bits per heavy atom. The van der Waals surface area contributed by atoms with Crippen molar-refractivity contribution in [3.8, 4) is 6.07 Å². The Hall–Kier alpha value is -1.96. The Morgan fingerprint density at radius 3 is 3.29 bits per heavy atom. The van der Waals surface area contributed by atoms with Crippen molar-refractivity contribution in [1.82, 2.24) is 15.6 Å². The topological polar surface area (TPSA) is 74.0 Å². The van der Waals surface area contributed by atoms with E-state index in [9.17, 15) is 0 Å². The van der Waals surface area contributed by atoms with E-state index in [1.165, 1.54) is 0 Å². The van der Waals surface area contributed by atoms with E-state index in [0.717, 1.165) is 5.69 Å². The summed E-state index contributed by atoms with van der Waals surface area (Å²) in [5.74, 6) is 0. The summed E-state index contributed by atoms with van der Waals surface area (Å²) in [5, 5.41) is 19.8. The van der Waals surface area contributed by atoms with Gasteiger partial charge in [0.15, 0.2) is 0 Å². The van der Waals surface area contributed by atoms with Crippen molar-refractivity contribution >= 4 is 6.21 Å². The van der Waals surface area contributed by atoms with Gasteiger partial charge < -0.3 is 5.43 Å². The molecule has 1 rings (SSSR count). The highest BCUT2D eigenvalue weighted by Crippen LogP contribution is 1.89. The van der Waals surface area contributed by atoms with Gasteiger partial charge in [-0.3, -0.25) is 0 Å². The average molecular weight is 189 g/mol. The molecule has 5 heteroatoms. The predicted molar refractivity (Wildman–Crippen MR) is 52.5 cm³/mol. The van der Waals surface area contributed by atoms with Gasteiger partial charge in [0.05, 0.1) is 18.2 Å². The SMILES string of the molecule is N#CCCN/N=C/Cc1cccnn1. The fraction of sp³-hybridized carbons (Fsp3) is 0.333. The van der Waals surface area contributed by atoms with Gasteiger partial charge in [0, 0.05) is 25.4 Å². The molecule has 0 unspecified atom stereocenters. The molecule has 0 saturated heterocycles. The molecule has 0 saturated carbocycles. The van der Waals surface area contributed by atoms with Gasteiger partial charge in [-0.15, -0.1) is 0 Å². The summed E-state index contributed by atoms with van der Waals surface area (Å²) >= 11 is 0. The molecule has 1 aromatic rings. The fourth-order valence-electron chi connectivity index (χ4n) is 0.822. The number of hydrogen-bond acceptors (Lipinski definition) is 5. The van der Waals surface area contributed by atoms with Gasteiger partial charge in [0.2, 0.25) is 0 Å². The Kier molecular flexibility index (Phi) is 4.73. The number of aromatic nitrogens is 2. The van der Waals surface area contributed by atoms with E-state index in [0.29, 0.717) is 19.4 Å². The van der Waals surface area contributed by atoms with Crippen molar-refractivity contribution in [2.45, 2.75) is 12.8 Å². The van der Waals surface area contributed by atoms with E-state index in [1.54, 1.807) is 12.4 Å². The van der Waals surface area contributed by atoms with Crippen LogP contribution in [0.5, 0.6) is 0 Å². The molecule has 1 N–H and O–H groups in total. The van der Waals surface area contributed by atoms with Gasteiger partial charge in [-0.2, -0.15) is 20.6 Å². The third-order valence-electron chi connectivity index (χ3n) is 1.46. The minimum Gasteiger partial charge on any atom is -0.309 e. The smallest absolute Gasteiger partial charge is 0.0685 e. The van der Waals surface area contributed by atoms with Crippen LogP contribution in [0.3, 0.4) is 0 Å². The zero-order valence-corrected chi connectivity index (χ0v) is 7.72. The molecular formula is C9H11N5. The standard InChI is InChI=1S/C9H11N5/c10-5-2-7-11-12-8-4-9-3-1-6-13-14-9/h1,3,6,8,11H,2,4,7H2/b12-8+. The van der Waals surface area contributed by atoms with Crippen molar-refractivity contribution in [3.63, 3.8) is 0 Å². The normalized spacial score (nSPS) is 9.93. The second-order valence-corrected chi connectivity index (χ2v) is 2.55. The number of hydrazone groups is 1. The highest BCUT2D eigenvalue weighted by Gasteiger charge is 1.88. The lowest BCUT2D eigenvalue weighted by Crippen LogP contribution is -2.07. The van der Waals surface area contributed by atoms with Crippen LogP contribution >= 0.6 is 0 Å². The molecular weight excluding hydrogens is 178 g/mol. The van der Waals surface area contributed by atoms with Gasteiger partial charge in [-0.1, -0.05) is 0 Å². The maximum Gasteiger partial charge on any atom is 0.0685 e. The van der Waals surface area contributed by atoms with Gasteiger partial charge in [0.1, 0.15) is 0 Å². The minimum atomic E-state index is 0.461. The molecule has 1 aromatic heterocycles. The molecule has 72 valence electrons. The van der Waals surface area contributed by atoms with Crippen LogP contribution in [-0.2, 0) is 6.42 Å². The summed E-state index contributed by atoms with van der Waals surface area (Å²) in [6, 6.07) is 5.73. The summed E-state index contributed by atoms with van der Waals surface area (Å²) in [6.07, 6.45) is 4.45. The summed E-state index contributed by atoms with van der Waals surface area (Å²) in [4.78, 5) is 0. The fourth-order valence-corrected chi connectivity index (χ4v) is 0.822. The highest BCUT2D eigenvalue weighted by atomic mass is 15.3. The van der Waals surface area contributed by atoms with Gasteiger partial charge >= 0.3 is 0 Å². The van der Waals surface area contributed by atoms with Crippen molar-refractivity contribution in [3.05, 3.63) is 24.0 Å². The van der Waals surface area contributed by atoms with Crippen molar-refractivity contribution in [2.24, 2.45) is 5.10 Å². The van der Waals surface area contributed by atoms with Gasteiger partial charge in [0.25, 0.3) is 0 Å². The monoisotopic (exact) mass is 189 g/mol. The molecule has 0 aliphatic carbocycles. The quantitative estimate of drug-likeness (QED) is 0.416. The lowest BCUT2D eigenvalue weighted by atomic mass is 10.3. The maximum atomic E-state index is 8.24. The lowest BCUT2D eigenvalue weighted by molar-refractivity contribution is 0.747. The summed E-state index contributed by atoms with van der Waals surface area (Å²) in [7, 11) is 0. The van der Waals surface area contributed by atoms with Gasteiger partial charge in [-0.05, 0) is 12.1 Å². The summed E-state index contributed by atoms with van der Waals surface area (Å²) in [6.45, 7) is 0.577. The molecule has 0 spiro atoms. The van der Waals surface area contributed by atoms with E-state index in [-0.39, 0.29) is 0 Å². The first kappa shape index (κ1) is 10.1. The second kappa shape index (κ2) is 6.54. The van der Waals surface area contributed by atoms with Crippen LogP contribution < -0.4 is 5.43 Å². The lowest BCUT2D eigenvalue weighted by Gasteiger charge is -1.94. The van der Waals surface area contributed by atoms with Crippen molar-refractivity contribution in [2.75, 3.05) is 6.54 Å². The van der Waals surface area contributed by atoms with E-state index >= 15 is 0 Å². The van der Waals surface area contributed by atoms with E-state index < -0.39 is 0 Å². The first-order valence-corrected chi connectivity index (χ1v) is 4.31. The zero-order valence-electron chi connectivity index (χ0n) is 7.72. The summed E-state index contributed by atoms with van der Waals surface area (Å²) in [5.41, 5.74) is 3.63. The molecule has 1 heterocycles. The average Bonchev–Trinajstić information content (AvgIpc) is 2.25. The van der Waals surface area contributed by atoms with Crippen LogP contribution in [-0.4, -0.2) is 23.0 Å². The van der Waals surface area contributed by atoms with Crippen LogP contribution in [0.4, 0.5) is 0 Å². The Balaban J connectivity index is 2.18. The van der Waals surface area contributed by atoms with Crippen molar-refractivity contribution < 1.29 is 0 Å². The molecule has 0 fully saturated rings. The number of nitriles is 1. The first-order chi connectivity index (χ1) is 6.93. The highest BCUT2D eigenvalue weighted by molar-refractivity contribution is 5.59. The number of nitrogens with zero attached hydrogens (tertiary/aromatic N) is 4. The molecule has 0 radical (unpaired) electrons. The Labute approximate surface area is 82.5 Å². The summed E-state index contributed by atoms with van der Waals surface area (Å²) < 4.78 is 0. The van der Waals surface area contributed by atoms with Crippen LogP contribution in [0.15, 0.2) is 23.4 Å². The number of rotatable bonds is 5. The predicted octanol–water partition coefficient (Wildman–Crippen LogP) is 0.508. The number of nitrogens with one attached hydrogen (secondary N) is 1. The first-order valence-electron chi connectivity index (χ1n) is 4.31. The van der Waals surface area contributed by atoms with E-state index in [1.807, 2.05) is 18.2 Å². The number of hydrogen-bond donors (Lipinski definition) is 1. The third-order valence-corrected chi connectivity index (χ3v) is 1.46. The van der Waals surface area contributed by atoms with Crippen LogP contribution in [0.25, 0.3) is 0 Å². The second-order valence-electron chi connectivity index (χ2n) is 2.55. The molecule has 0 atom stereocenters. The van der Waals surface area contributed by atoms with Crippen LogP contribution in [0.1, 0.15) is 12.1 Å². The molecule has 0 bridgehead atoms. The van der Waals surface area contributed by atoms with Crippen molar-refractivity contribution in [1.29, 1.82) is 5.26 Å². The van der Waals surface area contributed by atoms with Gasteiger partial charge in [-0.25, -0.2) is 0 Å². The van der Waals surface area contributed by atoms with Crippen LogP contribution in [0, 0.1) is 11.3 Å². The molecule has 0 aliphatic heterocycles. The molecule has 0 aromatic carbocycles.